The summed E-state index contributed by atoms with van der Waals surface area (Å²) in [6, 6.07) is 8.07. The Morgan fingerprint density at radius 1 is 1.21 bits per heavy atom. The van der Waals surface area contributed by atoms with Crippen molar-refractivity contribution in [1.82, 2.24) is 4.98 Å². The molecule has 0 radical (unpaired) electrons. The highest BCUT2D eigenvalue weighted by atomic mass is 16.4. The monoisotopic (exact) mass is 329 g/mol. The number of aromatic nitrogens is 1. The number of H-pyrrole nitrogens is 1. The van der Waals surface area contributed by atoms with Gasteiger partial charge in [-0.2, -0.15) is 0 Å². The summed E-state index contributed by atoms with van der Waals surface area (Å²) in [6.07, 6.45) is 0.379. The van der Waals surface area contributed by atoms with E-state index < -0.39 is 23.5 Å². The fourth-order valence-corrected chi connectivity index (χ4v) is 2.07. The number of aromatic amines is 1. The second kappa shape index (κ2) is 6.88. The Hall–Kier alpha value is -3.26. The summed E-state index contributed by atoms with van der Waals surface area (Å²) in [6.45, 7) is 1.47. The van der Waals surface area contributed by atoms with Crippen molar-refractivity contribution >= 4 is 24.0 Å². The minimum Gasteiger partial charge on any atom is -0.477 e. The van der Waals surface area contributed by atoms with E-state index in [2.05, 4.69) is 4.98 Å². The van der Waals surface area contributed by atoms with E-state index in [9.17, 15) is 19.2 Å². The third-order valence-corrected chi connectivity index (χ3v) is 3.33. The van der Waals surface area contributed by atoms with Crippen LogP contribution in [-0.2, 0) is 9.59 Å². The summed E-state index contributed by atoms with van der Waals surface area (Å²) >= 11 is 0. The van der Waals surface area contributed by atoms with Gasteiger partial charge in [0.05, 0.1) is 11.7 Å². The molecule has 1 aromatic heterocycles. The number of aromatic carboxylic acids is 1. The molecule has 2 amide bonds. The number of rotatable bonds is 5. The summed E-state index contributed by atoms with van der Waals surface area (Å²) in [5.74, 6) is -1.86. The molecule has 2 aromatic rings. The number of imide groups is 1. The van der Waals surface area contributed by atoms with Crippen molar-refractivity contribution in [2.75, 3.05) is 4.90 Å². The summed E-state index contributed by atoms with van der Waals surface area (Å²) in [4.78, 5) is 48.8. The molecule has 0 saturated carbocycles. The Morgan fingerprint density at radius 3 is 2.29 bits per heavy atom. The average molecular weight is 329 g/mol. The lowest BCUT2D eigenvalue weighted by Gasteiger charge is -2.18. The lowest BCUT2D eigenvalue weighted by atomic mass is 10.1. The Kier molecular flexibility index (Phi) is 4.90. The van der Waals surface area contributed by atoms with Crippen LogP contribution in [0.1, 0.15) is 17.3 Å². The van der Waals surface area contributed by atoms with Gasteiger partial charge in [0.15, 0.2) is 0 Å². The maximum atomic E-state index is 11.8. The van der Waals surface area contributed by atoms with E-state index in [-0.39, 0.29) is 5.56 Å². The molecule has 0 aliphatic rings. The summed E-state index contributed by atoms with van der Waals surface area (Å²) in [5, 5.41) is 8.85. The topological polar surface area (TPSA) is 134 Å². The average Bonchev–Trinajstić information content (AvgIpc) is 2.55. The van der Waals surface area contributed by atoms with Crippen molar-refractivity contribution in [2.45, 2.75) is 13.0 Å². The lowest BCUT2D eigenvalue weighted by molar-refractivity contribution is -0.122. The molecule has 0 unspecified atom stereocenters. The maximum Gasteiger partial charge on any atom is 0.341 e. The van der Waals surface area contributed by atoms with Crippen molar-refractivity contribution in [3.63, 3.8) is 0 Å². The molecule has 0 fully saturated rings. The molecule has 0 aliphatic heterocycles. The number of carboxylic acids is 1. The molecule has 0 bridgehead atoms. The van der Waals surface area contributed by atoms with E-state index in [1.807, 2.05) is 0 Å². The van der Waals surface area contributed by atoms with Gasteiger partial charge in [-0.1, -0.05) is 12.1 Å². The normalized spacial score (nSPS) is 11.6. The van der Waals surface area contributed by atoms with Crippen molar-refractivity contribution < 1.29 is 19.5 Å². The van der Waals surface area contributed by atoms with E-state index in [4.69, 9.17) is 10.8 Å². The van der Waals surface area contributed by atoms with Gasteiger partial charge >= 0.3 is 5.97 Å². The Balaban J connectivity index is 2.34. The first-order valence-electron chi connectivity index (χ1n) is 6.96. The van der Waals surface area contributed by atoms with Crippen LogP contribution >= 0.6 is 0 Å². The predicted octanol–water partition coefficient (Wildman–Crippen LogP) is 0.577. The first-order valence-corrected chi connectivity index (χ1v) is 6.96. The number of nitrogens with two attached hydrogens (primary N) is 1. The molecule has 8 nitrogen and oxygen atoms in total. The number of carbonyl (C=O) groups excluding carboxylic acids is 2. The third kappa shape index (κ3) is 3.39. The molecule has 124 valence electrons. The minimum atomic E-state index is -1.31. The smallest absolute Gasteiger partial charge is 0.341 e. The minimum absolute atomic E-state index is 0.334. The molecule has 0 saturated heterocycles. The van der Waals surface area contributed by atoms with Crippen molar-refractivity contribution in [3.8, 4) is 11.3 Å². The van der Waals surface area contributed by atoms with Gasteiger partial charge in [-0.15, -0.1) is 0 Å². The van der Waals surface area contributed by atoms with Crippen molar-refractivity contribution in [2.24, 2.45) is 5.73 Å². The second-order valence-corrected chi connectivity index (χ2v) is 5.07. The summed E-state index contributed by atoms with van der Waals surface area (Å²) in [7, 11) is 0. The number of carbonyl (C=O) groups is 3. The molecule has 4 N–H and O–H groups in total. The number of benzene rings is 1. The molecule has 24 heavy (non-hydrogen) atoms. The molecule has 1 atom stereocenters. The van der Waals surface area contributed by atoms with E-state index in [0.29, 0.717) is 23.4 Å². The third-order valence-electron chi connectivity index (χ3n) is 3.33. The fourth-order valence-electron chi connectivity index (χ4n) is 2.07. The molecule has 1 heterocycles. The van der Waals surface area contributed by atoms with Gasteiger partial charge in [-0.25, -0.2) is 4.79 Å². The van der Waals surface area contributed by atoms with Crippen LogP contribution in [0.4, 0.5) is 5.69 Å². The zero-order valence-corrected chi connectivity index (χ0v) is 12.7. The highest BCUT2D eigenvalue weighted by Crippen LogP contribution is 2.21. The number of anilines is 1. The molecule has 1 aromatic carbocycles. The van der Waals surface area contributed by atoms with Gasteiger partial charge in [0.2, 0.25) is 12.3 Å². The number of carboxylic acid groups (broad SMARTS) is 1. The van der Waals surface area contributed by atoms with Gasteiger partial charge in [0.1, 0.15) is 5.56 Å². The first kappa shape index (κ1) is 17.1. The Morgan fingerprint density at radius 2 is 1.83 bits per heavy atom. The number of nitrogens with one attached hydrogen (secondary N) is 1. The Bertz CT molecular complexity index is 840. The largest absolute Gasteiger partial charge is 0.477 e. The lowest BCUT2D eigenvalue weighted by Crippen LogP contribution is -2.41. The quantitative estimate of drug-likeness (QED) is 0.687. The number of hydrogen-bond donors (Lipinski definition) is 3. The van der Waals surface area contributed by atoms with Crippen LogP contribution in [0, 0.1) is 0 Å². The summed E-state index contributed by atoms with van der Waals surface area (Å²) < 4.78 is 0. The predicted molar refractivity (Wildman–Crippen MR) is 86.7 cm³/mol. The van der Waals surface area contributed by atoms with Gasteiger partial charge in [-0.05, 0) is 36.8 Å². The van der Waals surface area contributed by atoms with E-state index in [1.165, 1.54) is 31.2 Å². The highest BCUT2D eigenvalue weighted by molar-refractivity contribution is 6.09. The number of pyridine rings is 1. The standard InChI is InChI=1S/C16H15N3O5/c1-9(17)15(22)19(8-20)11-4-2-10(3-5-11)13-7-6-12(16(23)24)14(21)18-13/h2-9H,17H2,1H3,(H,18,21)(H,23,24)/t9-/m0/s1. The van der Waals surface area contributed by atoms with Crippen LogP contribution in [-0.4, -0.2) is 34.4 Å². The molecular formula is C16H15N3O5. The zero-order valence-electron chi connectivity index (χ0n) is 12.7. The van der Waals surface area contributed by atoms with Crippen LogP contribution in [0.2, 0.25) is 0 Å². The SMILES string of the molecule is C[C@H](N)C(=O)N(C=O)c1ccc(-c2ccc(C(=O)O)c(=O)[nH]2)cc1. The van der Waals surface area contributed by atoms with E-state index >= 15 is 0 Å². The second-order valence-electron chi connectivity index (χ2n) is 5.07. The molecule has 8 heteroatoms. The van der Waals surface area contributed by atoms with Crippen LogP contribution in [0.25, 0.3) is 11.3 Å². The molecular weight excluding hydrogens is 314 g/mol. The highest BCUT2D eigenvalue weighted by Gasteiger charge is 2.18. The van der Waals surface area contributed by atoms with Crippen LogP contribution in [0.5, 0.6) is 0 Å². The van der Waals surface area contributed by atoms with Crippen LogP contribution in [0.3, 0.4) is 0 Å². The van der Waals surface area contributed by atoms with E-state index in [1.54, 1.807) is 12.1 Å². The number of hydrogen-bond acceptors (Lipinski definition) is 5. The van der Waals surface area contributed by atoms with Crippen LogP contribution in [0.15, 0.2) is 41.2 Å². The van der Waals surface area contributed by atoms with Gasteiger partial charge < -0.3 is 15.8 Å². The fraction of sp³-hybridized carbons (Fsp3) is 0.125. The summed E-state index contributed by atoms with van der Waals surface area (Å²) in [5.41, 5.74) is 5.75. The number of nitrogens with zero attached hydrogens (tertiary/aromatic N) is 1. The van der Waals surface area contributed by atoms with Crippen molar-refractivity contribution in [3.05, 3.63) is 52.3 Å². The first-order chi connectivity index (χ1) is 11.3. The number of amides is 2. The van der Waals surface area contributed by atoms with Crippen LogP contribution < -0.4 is 16.2 Å². The van der Waals surface area contributed by atoms with Gasteiger partial charge in [0.25, 0.3) is 5.56 Å². The van der Waals surface area contributed by atoms with Gasteiger partial charge in [0, 0.05) is 5.69 Å². The molecule has 0 aliphatic carbocycles. The Labute approximate surface area is 136 Å². The zero-order chi connectivity index (χ0) is 17.9. The molecule has 0 spiro atoms. The van der Waals surface area contributed by atoms with E-state index in [0.717, 1.165) is 4.90 Å². The maximum absolute atomic E-state index is 11.8. The molecule has 2 rings (SSSR count). The van der Waals surface area contributed by atoms with Crippen molar-refractivity contribution in [1.29, 1.82) is 0 Å². The van der Waals surface area contributed by atoms with Gasteiger partial charge in [-0.3, -0.25) is 19.3 Å².